The lowest BCUT2D eigenvalue weighted by molar-refractivity contribution is 0.270. The van der Waals surface area contributed by atoms with Gasteiger partial charge < -0.3 is 9.84 Å². The first-order valence-electron chi connectivity index (χ1n) is 8.50. The maximum atomic E-state index is 9.54. The fraction of sp³-hybridized carbons (Fsp3) is 0.556. The summed E-state index contributed by atoms with van der Waals surface area (Å²) in [6.07, 6.45) is 6.14. The van der Waals surface area contributed by atoms with Gasteiger partial charge >= 0.3 is 0 Å². The minimum atomic E-state index is -0.0371. The number of ether oxygens (including phenoxy) is 1. The summed E-state index contributed by atoms with van der Waals surface area (Å²) in [5.41, 5.74) is 3.06. The van der Waals surface area contributed by atoms with Crippen LogP contribution in [0.1, 0.15) is 55.0 Å². The van der Waals surface area contributed by atoms with Crippen LogP contribution in [0.2, 0.25) is 0 Å². The van der Waals surface area contributed by atoms with E-state index in [9.17, 15) is 5.11 Å². The van der Waals surface area contributed by atoms with Gasteiger partial charge in [0.15, 0.2) is 0 Å². The average molecular weight is 315 g/mol. The van der Waals surface area contributed by atoms with Crippen molar-refractivity contribution in [1.82, 2.24) is 15.0 Å². The third-order valence-electron chi connectivity index (χ3n) is 4.58. The minimum Gasteiger partial charge on any atom is -0.492 e. The molecule has 23 heavy (non-hydrogen) atoms. The second kappa shape index (κ2) is 7.59. The Hall–Kier alpha value is -1.88. The van der Waals surface area contributed by atoms with Gasteiger partial charge in [0, 0.05) is 5.92 Å². The van der Waals surface area contributed by atoms with Crippen molar-refractivity contribution in [1.29, 1.82) is 0 Å². The molecule has 1 aromatic heterocycles. The van der Waals surface area contributed by atoms with Crippen molar-refractivity contribution in [2.24, 2.45) is 0 Å². The Morgan fingerprint density at radius 1 is 1.17 bits per heavy atom. The van der Waals surface area contributed by atoms with Crippen LogP contribution in [0.25, 0.3) is 0 Å². The molecule has 5 heteroatoms. The van der Waals surface area contributed by atoms with E-state index >= 15 is 0 Å². The molecule has 0 bridgehead atoms. The number of nitrogens with zero attached hydrogens (tertiary/aromatic N) is 3. The summed E-state index contributed by atoms with van der Waals surface area (Å²) in [6, 6.07) is 8.06. The fourth-order valence-electron chi connectivity index (χ4n) is 3.34. The molecule has 5 nitrogen and oxygen atoms in total. The number of benzene rings is 1. The summed E-state index contributed by atoms with van der Waals surface area (Å²) < 4.78 is 7.73. The summed E-state index contributed by atoms with van der Waals surface area (Å²) in [5.74, 6) is 1.34. The van der Waals surface area contributed by atoms with Gasteiger partial charge in [-0.1, -0.05) is 42.2 Å². The molecule has 1 heterocycles. The van der Waals surface area contributed by atoms with Gasteiger partial charge in [0.25, 0.3) is 0 Å². The third-order valence-corrected chi connectivity index (χ3v) is 4.58. The van der Waals surface area contributed by atoms with Crippen molar-refractivity contribution < 1.29 is 9.84 Å². The monoisotopic (exact) mass is 315 g/mol. The molecule has 0 unspecified atom stereocenters. The molecular weight excluding hydrogens is 290 g/mol. The Morgan fingerprint density at radius 2 is 1.91 bits per heavy atom. The van der Waals surface area contributed by atoms with Crippen LogP contribution in [0, 0.1) is 6.92 Å². The van der Waals surface area contributed by atoms with E-state index in [0.717, 1.165) is 17.1 Å². The maximum Gasteiger partial charge on any atom is 0.119 e. The van der Waals surface area contributed by atoms with Crippen LogP contribution in [-0.4, -0.2) is 26.7 Å². The van der Waals surface area contributed by atoms with Crippen LogP contribution >= 0.6 is 0 Å². The second-order valence-corrected chi connectivity index (χ2v) is 6.30. The number of hydrogen-bond acceptors (Lipinski definition) is 4. The Bertz CT molecular complexity index is 616. The number of aromatic nitrogens is 3. The van der Waals surface area contributed by atoms with Crippen molar-refractivity contribution in [3.8, 4) is 5.75 Å². The molecule has 1 aliphatic carbocycles. The first-order valence-corrected chi connectivity index (χ1v) is 8.50. The molecule has 0 atom stereocenters. The van der Waals surface area contributed by atoms with Gasteiger partial charge in [0.1, 0.15) is 18.1 Å². The van der Waals surface area contributed by atoms with Gasteiger partial charge in [-0.05, 0) is 31.9 Å². The van der Waals surface area contributed by atoms with Crippen LogP contribution in [-0.2, 0) is 13.2 Å². The predicted octanol–water partition coefficient (Wildman–Crippen LogP) is 3.21. The highest BCUT2D eigenvalue weighted by molar-refractivity contribution is 5.26. The van der Waals surface area contributed by atoms with Crippen LogP contribution in [0.3, 0.4) is 0 Å². The topological polar surface area (TPSA) is 60.2 Å². The maximum absolute atomic E-state index is 9.54. The normalized spacial score (nSPS) is 15.7. The highest BCUT2D eigenvalue weighted by Crippen LogP contribution is 2.33. The van der Waals surface area contributed by atoms with E-state index in [1.54, 1.807) is 0 Å². The Kier molecular flexibility index (Phi) is 5.28. The molecule has 0 amide bonds. The molecule has 0 spiro atoms. The highest BCUT2D eigenvalue weighted by Gasteiger charge is 2.24. The summed E-state index contributed by atoms with van der Waals surface area (Å²) >= 11 is 0. The smallest absolute Gasteiger partial charge is 0.119 e. The highest BCUT2D eigenvalue weighted by atomic mass is 16.5. The zero-order valence-corrected chi connectivity index (χ0v) is 13.7. The predicted molar refractivity (Wildman–Crippen MR) is 88.4 cm³/mol. The largest absolute Gasteiger partial charge is 0.492 e. The number of aliphatic hydroxyl groups excluding tert-OH is 1. The first-order chi connectivity index (χ1) is 11.3. The summed E-state index contributed by atoms with van der Waals surface area (Å²) in [6.45, 7) is 3.24. The van der Waals surface area contributed by atoms with E-state index in [2.05, 4.69) is 17.2 Å². The SMILES string of the molecule is Cc1ccc(OCCn2nnc(CO)c2C2CCCCC2)cc1. The van der Waals surface area contributed by atoms with E-state index in [4.69, 9.17) is 4.74 Å². The molecular formula is C18H25N3O2. The Balaban J connectivity index is 1.65. The first kappa shape index (κ1) is 16.0. The quantitative estimate of drug-likeness (QED) is 0.889. The van der Waals surface area contributed by atoms with E-state index in [1.807, 2.05) is 28.9 Å². The van der Waals surface area contributed by atoms with Crippen molar-refractivity contribution in [2.45, 2.75) is 58.1 Å². The van der Waals surface area contributed by atoms with Crippen LogP contribution in [0.15, 0.2) is 24.3 Å². The zero-order valence-electron chi connectivity index (χ0n) is 13.7. The molecule has 3 rings (SSSR count). The minimum absolute atomic E-state index is 0.0371. The van der Waals surface area contributed by atoms with Crippen LogP contribution < -0.4 is 4.74 Å². The zero-order chi connectivity index (χ0) is 16.1. The summed E-state index contributed by atoms with van der Waals surface area (Å²) in [7, 11) is 0. The lowest BCUT2D eigenvalue weighted by Gasteiger charge is -2.23. The third kappa shape index (κ3) is 3.91. The van der Waals surface area contributed by atoms with Crippen LogP contribution in [0.5, 0.6) is 5.75 Å². The van der Waals surface area contributed by atoms with E-state index < -0.39 is 0 Å². The molecule has 1 aliphatic rings. The molecule has 0 aliphatic heterocycles. The molecule has 124 valence electrons. The number of aryl methyl sites for hydroxylation is 1. The van der Waals surface area contributed by atoms with Gasteiger partial charge in [0.05, 0.1) is 18.8 Å². The molecule has 0 radical (unpaired) electrons. The van der Waals surface area contributed by atoms with E-state index in [-0.39, 0.29) is 6.61 Å². The molecule has 1 saturated carbocycles. The summed E-state index contributed by atoms with van der Waals surface area (Å²) in [5, 5.41) is 17.9. The lowest BCUT2D eigenvalue weighted by atomic mass is 9.86. The standard InChI is InChI=1S/C18H25N3O2/c1-14-7-9-16(10-8-14)23-12-11-21-18(17(13-22)19-20-21)15-5-3-2-4-6-15/h7-10,15,22H,2-6,11-13H2,1H3. The summed E-state index contributed by atoms with van der Waals surface area (Å²) in [4.78, 5) is 0. The Labute approximate surface area is 137 Å². The van der Waals surface area contributed by atoms with Crippen molar-refractivity contribution >= 4 is 0 Å². The van der Waals surface area contributed by atoms with Crippen LogP contribution in [0.4, 0.5) is 0 Å². The van der Waals surface area contributed by atoms with Crippen molar-refractivity contribution in [3.63, 3.8) is 0 Å². The van der Waals surface area contributed by atoms with E-state index in [1.165, 1.54) is 37.7 Å². The van der Waals surface area contributed by atoms with Gasteiger partial charge in [-0.3, -0.25) is 0 Å². The molecule has 2 aromatic rings. The molecule has 1 aromatic carbocycles. The fourth-order valence-corrected chi connectivity index (χ4v) is 3.34. The number of aliphatic hydroxyl groups is 1. The average Bonchev–Trinajstić information content (AvgIpc) is 3.00. The second-order valence-electron chi connectivity index (χ2n) is 6.30. The van der Waals surface area contributed by atoms with Gasteiger partial charge in [-0.15, -0.1) is 5.10 Å². The molecule has 1 fully saturated rings. The van der Waals surface area contributed by atoms with Crippen molar-refractivity contribution in [3.05, 3.63) is 41.2 Å². The van der Waals surface area contributed by atoms with Gasteiger partial charge in [0.2, 0.25) is 0 Å². The number of hydrogen-bond donors (Lipinski definition) is 1. The molecule has 1 N–H and O–H groups in total. The van der Waals surface area contributed by atoms with E-state index in [0.29, 0.717) is 19.1 Å². The van der Waals surface area contributed by atoms with Gasteiger partial charge in [-0.2, -0.15) is 0 Å². The molecule has 0 saturated heterocycles. The lowest BCUT2D eigenvalue weighted by Crippen LogP contribution is -2.17. The van der Waals surface area contributed by atoms with Gasteiger partial charge in [-0.25, -0.2) is 4.68 Å². The number of rotatable bonds is 6. The Morgan fingerprint density at radius 3 is 2.61 bits per heavy atom. The van der Waals surface area contributed by atoms with Crippen molar-refractivity contribution in [2.75, 3.05) is 6.61 Å².